The van der Waals surface area contributed by atoms with Crippen LogP contribution in [-0.4, -0.2) is 15.6 Å². The molecule has 2 aliphatic rings. The monoisotopic (exact) mass is 372 g/mol. The van der Waals surface area contributed by atoms with E-state index in [-0.39, 0.29) is 40.1 Å². The zero-order chi connectivity index (χ0) is 18.5. The number of rotatable bonds is 1. The van der Waals surface area contributed by atoms with Crippen LogP contribution in [0.3, 0.4) is 0 Å². The second-order valence-corrected chi connectivity index (χ2v) is 6.07. The molecule has 1 aliphatic carbocycles. The average Bonchev–Trinajstić information content (AvgIpc) is 2.82. The van der Waals surface area contributed by atoms with Gasteiger partial charge in [0.25, 0.3) is 0 Å². The minimum absolute atomic E-state index is 0.00241. The van der Waals surface area contributed by atoms with Gasteiger partial charge in [-0.25, -0.2) is 0 Å². The third-order valence-corrected chi connectivity index (χ3v) is 4.62. The molecule has 1 aromatic heterocycles. The van der Waals surface area contributed by atoms with Gasteiger partial charge in [0.05, 0.1) is 5.92 Å². The van der Waals surface area contributed by atoms with Crippen molar-refractivity contribution < 1.29 is 22.7 Å². The summed E-state index contributed by atoms with van der Waals surface area (Å²) in [6, 6.07) is 1.75. The molecule has 132 valence electrons. The van der Waals surface area contributed by atoms with Crippen LogP contribution in [0.5, 0.6) is 0 Å². The van der Waals surface area contributed by atoms with Crippen LogP contribution < -0.4 is 5.73 Å². The Kier molecular flexibility index (Phi) is 4.03. The first-order chi connectivity index (χ1) is 11.7. The molecule has 0 radical (unpaired) electrons. The number of Topliss-reactive ketones (excluding diaryl/α,β-unsaturated/α-hetero) is 1. The number of hydrogen-bond acceptors (Lipinski definition) is 5. The number of alkyl halides is 3. The van der Waals surface area contributed by atoms with E-state index >= 15 is 0 Å². The fraction of sp³-hybridized carbons (Fsp3) is 0.400. The number of aromatic nitrogens is 2. The molecule has 0 fully saturated rings. The number of ether oxygens (including phenoxy) is 1. The predicted octanol–water partition coefficient (Wildman–Crippen LogP) is 2.91. The van der Waals surface area contributed by atoms with Crippen molar-refractivity contribution in [3.8, 4) is 6.07 Å². The lowest BCUT2D eigenvalue weighted by Crippen LogP contribution is -2.28. The summed E-state index contributed by atoms with van der Waals surface area (Å²) in [7, 11) is 1.25. The number of carbonyl (C=O) groups is 1. The number of nitrogens with zero attached hydrogens (tertiary/aromatic N) is 3. The highest BCUT2D eigenvalue weighted by Crippen LogP contribution is 2.48. The molecular weight excluding hydrogens is 361 g/mol. The number of nitrogens with two attached hydrogens (primary N) is 1. The van der Waals surface area contributed by atoms with E-state index in [0.29, 0.717) is 12.8 Å². The summed E-state index contributed by atoms with van der Waals surface area (Å²) in [4.78, 5) is 12.4. The first-order valence-corrected chi connectivity index (χ1v) is 7.68. The van der Waals surface area contributed by atoms with Gasteiger partial charge in [0, 0.05) is 31.0 Å². The fourth-order valence-electron chi connectivity index (χ4n) is 3.13. The van der Waals surface area contributed by atoms with Crippen molar-refractivity contribution in [3.05, 3.63) is 39.2 Å². The molecule has 1 atom stereocenters. The van der Waals surface area contributed by atoms with Crippen LogP contribution in [0.4, 0.5) is 13.2 Å². The van der Waals surface area contributed by atoms with Crippen molar-refractivity contribution in [1.82, 2.24) is 9.78 Å². The smallest absolute Gasteiger partial charge is 0.435 e. The normalized spacial score (nSPS) is 21.1. The van der Waals surface area contributed by atoms with Crippen molar-refractivity contribution in [2.24, 2.45) is 12.8 Å². The first kappa shape index (κ1) is 17.4. The number of aryl methyl sites for hydroxylation is 1. The molecule has 0 spiro atoms. The third kappa shape index (κ3) is 2.66. The maximum atomic E-state index is 13.4. The number of allylic oxidation sites excluding steroid dienone is 3. The van der Waals surface area contributed by atoms with Gasteiger partial charge in [-0.1, -0.05) is 11.6 Å². The van der Waals surface area contributed by atoms with E-state index in [9.17, 15) is 23.2 Å². The molecule has 10 heteroatoms. The Labute approximate surface area is 145 Å². The molecule has 0 saturated heterocycles. The zero-order valence-electron chi connectivity index (χ0n) is 12.9. The molecule has 2 heterocycles. The average molecular weight is 373 g/mol. The Bertz CT molecular complexity index is 877. The van der Waals surface area contributed by atoms with E-state index in [0.717, 1.165) is 4.68 Å². The van der Waals surface area contributed by atoms with E-state index in [1.807, 2.05) is 0 Å². The standard InChI is InChI=1S/C15H12ClF3N4O2/c1-23-13(16)11(12(22-23)15(17,18)19)9-6(5-20)14(21)25-8-4-2-3-7(24)10(8)9/h9H,2-4,21H2,1H3/t9-/m0/s1. The fourth-order valence-corrected chi connectivity index (χ4v) is 3.37. The Morgan fingerprint density at radius 3 is 2.72 bits per heavy atom. The number of nitriles is 1. The summed E-state index contributed by atoms with van der Waals surface area (Å²) in [5.74, 6) is -1.88. The number of halogens is 4. The molecule has 0 saturated carbocycles. The minimum atomic E-state index is -4.81. The van der Waals surface area contributed by atoms with Gasteiger partial charge in [0.15, 0.2) is 11.5 Å². The summed E-state index contributed by atoms with van der Waals surface area (Å²) in [5.41, 5.74) is 3.73. The van der Waals surface area contributed by atoms with Gasteiger partial charge >= 0.3 is 6.18 Å². The molecule has 1 aromatic rings. The van der Waals surface area contributed by atoms with Crippen molar-refractivity contribution >= 4 is 17.4 Å². The van der Waals surface area contributed by atoms with Crippen molar-refractivity contribution in [1.29, 1.82) is 5.26 Å². The van der Waals surface area contributed by atoms with E-state index in [4.69, 9.17) is 22.1 Å². The summed E-state index contributed by atoms with van der Waals surface area (Å²) < 4.78 is 46.5. The van der Waals surface area contributed by atoms with Crippen LogP contribution in [0.2, 0.25) is 5.15 Å². The molecule has 0 aromatic carbocycles. The Balaban J connectivity index is 2.33. The molecule has 0 bridgehead atoms. The maximum absolute atomic E-state index is 13.4. The first-order valence-electron chi connectivity index (χ1n) is 7.30. The van der Waals surface area contributed by atoms with Crippen LogP contribution in [0.1, 0.15) is 36.4 Å². The molecule has 1 aliphatic heterocycles. The van der Waals surface area contributed by atoms with Crippen LogP contribution >= 0.6 is 11.6 Å². The Morgan fingerprint density at radius 2 is 2.12 bits per heavy atom. The summed E-state index contributed by atoms with van der Waals surface area (Å²) in [5, 5.41) is 12.5. The van der Waals surface area contributed by atoms with Gasteiger partial charge in [-0.15, -0.1) is 0 Å². The zero-order valence-corrected chi connectivity index (χ0v) is 13.7. The Hall–Kier alpha value is -2.47. The van der Waals surface area contributed by atoms with Crippen molar-refractivity contribution in [3.63, 3.8) is 0 Å². The molecular formula is C15H12ClF3N4O2. The lowest BCUT2D eigenvalue weighted by atomic mass is 9.77. The molecule has 2 N–H and O–H groups in total. The molecule has 0 unspecified atom stereocenters. The lowest BCUT2D eigenvalue weighted by Gasteiger charge is -2.31. The maximum Gasteiger partial charge on any atom is 0.435 e. The van der Waals surface area contributed by atoms with Gasteiger partial charge in [0.1, 0.15) is 22.6 Å². The highest BCUT2D eigenvalue weighted by molar-refractivity contribution is 6.30. The van der Waals surface area contributed by atoms with Crippen LogP contribution in [0.25, 0.3) is 0 Å². The lowest BCUT2D eigenvalue weighted by molar-refractivity contribution is -0.142. The van der Waals surface area contributed by atoms with Crippen LogP contribution in [0, 0.1) is 11.3 Å². The number of ketones is 1. The topological polar surface area (TPSA) is 93.9 Å². The summed E-state index contributed by atoms with van der Waals surface area (Å²) >= 11 is 6.06. The summed E-state index contributed by atoms with van der Waals surface area (Å²) in [6.45, 7) is 0. The highest BCUT2D eigenvalue weighted by Gasteiger charge is 2.46. The van der Waals surface area contributed by atoms with Crippen molar-refractivity contribution in [2.75, 3.05) is 0 Å². The van der Waals surface area contributed by atoms with Gasteiger partial charge in [0.2, 0.25) is 5.88 Å². The van der Waals surface area contributed by atoms with E-state index in [2.05, 4.69) is 5.10 Å². The number of carbonyl (C=O) groups excluding carboxylic acids is 1. The SMILES string of the molecule is Cn1nc(C(F)(F)F)c([C@H]2C(C#N)=C(N)OC3=C2C(=O)CCC3)c1Cl. The molecule has 6 nitrogen and oxygen atoms in total. The van der Waals surface area contributed by atoms with E-state index < -0.39 is 23.4 Å². The predicted molar refractivity (Wildman–Crippen MR) is 79.8 cm³/mol. The van der Waals surface area contributed by atoms with E-state index in [1.165, 1.54) is 7.05 Å². The van der Waals surface area contributed by atoms with Crippen LogP contribution in [0.15, 0.2) is 22.8 Å². The second kappa shape index (κ2) is 5.81. The van der Waals surface area contributed by atoms with Crippen LogP contribution in [-0.2, 0) is 22.8 Å². The van der Waals surface area contributed by atoms with Gasteiger partial charge in [-0.3, -0.25) is 9.48 Å². The van der Waals surface area contributed by atoms with Gasteiger partial charge < -0.3 is 10.5 Å². The third-order valence-electron chi connectivity index (χ3n) is 4.17. The molecule has 0 amide bonds. The Morgan fingerprint density at radius 1 is 1.44 bits per heavy atom. The molecule has 25 heavy (non-hydrogen) atoms. The summed E-state index contributed by atoms with van der Waals surface area (Å²) in [6.07, 6.45) is -3.83. The number of hydrogen-bond donors (Lipinski definition) is 1. The highest BCUT2D eigenvalue weighted by atomic mass is 35.5. The quantitative estimate of drug-likeness (QED) is 0.818. The van der Waals surface area contributed by atoms with Crippen molar-refractivity contribution in [2.45, 2.75) is 31.4 Å². The largest absolute Gasteiger partial charge is 0.444 e. The van der Waals surface area contributed by atoms with Gasteiger partial charge in [-0.05, 0) is 6.42 Å². The molecule has 3 rings (SSSR count). The second-order valence-electron chi connectivity index (χ2n) is 5.71. The van der Waals surface area contributed by atoms with E-state index in [1.54, 1.807) is 6.07 Å². The van der Waals surface area contributed by atoms with Gasteiger partial charge in [-0.2, -0.15) is 23.5 Å². The minimum Gasteiger partial charge on any atom is -0.444 e.